The highest BCUT2D eigenvalue weighted by Crippen LogP contribution is 2.28. The Labute approximate surface area is 156 Å². The van der Waals surface area contributed by atoms with Crippen LogP contribution in [0.25, 0.3) is 0 Å². The number of aliphatic carboxylic acids is 1. The summed E-state index contributed by atoms with van der Waals surface area (Å²) in [5.41, 5.74) is 3.59. The van der Waals surface area contributed by atoms with E-state index in [0.29, 0.717) is 5.17 Å². The molecule has 1 aromatic carbocycles. The summed E-state index contributed by atoms with van der Waals surface area (Å²) >= 11 is 1.10. The molecular weight excluding hydrogens is 352 g/mol. The van der Waals surface area contributed by atoms with Crippen LogP contribution in [0.3, 0.4) is 0 Å². The van der Waals surface area contributed by atoms with Gasteiger partial charge in [-0.25, -0.2) is 0 Å². The predicted octanol–water partition coefficient (Wildman–Crippen LogP) is 2.25. The summed E-state index contributed by atoms with van der Waals surface area (Å²) in [5.74, 6) is -1.34. The van der Waals surface area contributed by atoms with Crippen LogP contribution in [0.1, 0.15) is 37.3 Å². The number of benzene rings is 1. The van der Waals surface area contributed by atoms with Gasteiger partial charge in [-0.15, -0.1) is 5.10 Å². The van der Waals surface area contributed by atoms with Crippen LogP contribution in [0.2, 0.25) is 0 Å². The van der Waals surface area contributed by atoms with Gasteiger partial charge in [-0.2, -0.15) is 5.10 Å². The van der Waals surface area contributed by atoms with Gasteiger partial charge < -0.3 is 15.3 Å². The third-order valence-corrected chi connectivity index (χ3v) is 5.38. The molecule has 0 spiro atoms. The lowest BCUT2D eigenvalue weighted by atomic mass is 9.99. The number of carboxylic acid groups (broad SMARTS) is 1. The van der Waals surface area contributed by atoms with Crippen molar-refractivity contribution in [1.82, 2.24) is 5.32 Å². The highest BCUT2D eigenvalue weighted by Gasteiger charge is 2.32. The van der Waals surface area contributed by atoms with Crippen LogP contribution in [-0.2, 0) is 16.0 Å². The minimum Gasteiger partial charge on any atom is -0.481 e. The average Bonchev–Trinajstić information content (AvgIpc) is 2.94. The summed E-state index contributed by atoms with van der Waals surface area (Å²) in [6.45, 7) is 4.37. The molecule has 2 N–H and O–H groups in total. The SMILES string of the molecule is CCCN1CCCc2cc(C=NN=C3NC(=O)C(CC(=O)O)S3)ccc21. The molecule has 0 radical (unpaired) electrons. The van der Waals surface area contributed by atoms with Gasteiger partial charge in [0, 0.05) is 18.8 Å². The molecule has 2 aliphatic rings. The number of carboxylic acids is 1. The molecule has 1 aromatic rings. The first-order valence-electron chi connectivity index (χ1n) is 8.75. The first kappa shape index (κ1) is 18.4. The largest absolute Gasteiger partial charge is 0.481 e. The molecule has 2 aliphatic heterocycles. The van der Waals surface area contributed by atoms with Crippen LogP contribution >= 0.6 is 11.8 Å². The Kier molecular flexibility index (Phi) is 5.92. The minimum absolute atomic E-state index is 0.224. The predicted molar refractivity (Wildman–Crippen MR) is 104 cm³/mol. The van der Waals surface area contributed by atoms with Crippen LogP contribution < -0.4 is 10.2 Å². The fourth-order valence-corrected chi connectivity index (χ4v) is 4.09. The van der Waals surface area contributed by atoms with Gasteiger partial charge in [-0.3, -0.25) is 9.59 Å². The maximum Gasteiger partial charge on any atom is 0.305 e. The third kappa shape index (κ3) is 4.43. The molecule has 1 saturated heterocycles. The first-order chi connectivity index (χ1) is 12.6. The van der Waals surface area contributed by atoms with E-state index in [9.17, 15) is 9.59 Å². The monoisotopic (exact) mass is 374 g/mol. The molecule has 2 heterocycles. The number of amides is 1. The second-order valence-electron chi connectivity index (χ2n) is 6.32. The fourth-order valence-electron chi connectivity index (χ4n) is 3.17. The molecule has 0 saturated carbocycles. The zero-order valence-electron chi connectivity index (χ0n) is 14.6. The standard InChI is InChI=1S/C18H22N4O3S/c1-2-7-22-8-3-4-13-9-12(5-6-14(13)22)11-19-21-18-20-17(25)15(26-18)10-16(23)24/h5-6,9,11,15H,2-4,7-8,10H2,1H3,(H,23,24)(H,20,21,25). The Hall–Kier alpha value is -2.35. The van der Waals surface area contributed by atoms with Gasteiger partial charge in [0.25, 0.3) is 0 Å². The number of thioether (sulfide) groups is 1. The number of aryl methyl sites for hydroxylation is 1. The van der Waals surface area contributed by atoms with Crippen molar-refractivity contribution in [3.63, 3.8) is 0 Å². The molecule has 1 amide bonds. The molecule has 0 aromatic heterocycles. The number of hydrogen-bond donors (Lipinski definition) is 2. The lowest BCUT2D eigenvalue weighted by Crippen LogP contribution is -2.30. The van der Waals surface area contributed by atoms with Gasteiger partial charge in [0.2, 0.25) is 5.91 Å². The second-order valence-corrected chi connectivity index (χ2v) is 7.51. The molecule has 138 valence electrons. The van der Waals surface area contributed by atoms with E-state index in [2.05, 4.69) is 39.5 Å². The number of nitrogens with one attached hydrogen (secondary N) is 1. The molecule has 0 bridgehead atoms. The van der Waals surface area contributed by atoms with Crippen LogP contribution in [-0.4, -0.2) is 46.7 Å². The summed E-state index contributed by atoms with van der Waals surface area (Å²) in [6, 6.07) is 6.28. The number of carbonyl (C=O) groups excluding carboxylic acids is 1. The maximum absolute atomic E-state index is 11.7. The van der Waals surface area contributed by atoms with Crippen molar-refractivity contribution >= 4 is 40.7 Å². The van der Waals surface area contributed by atoms with E-state index in [1.54, 1.807) is 6.21 Å². The lowest BCUT2D eigenvalue weighted by molar-refractivity contribution is -0.138. The number of anilines is 1. The zero-order chi connectivity index (χ0) is 18.5. The van der Waals surface area contributed by atoms with Gasteiger partial charge in [0.1, 0.15) is 5.25 Å². The molecule has 3 rings (SSSR count). The van der Waals surface area contributed by atoms with Crippen molar-refractivity contribution in [2.45, 2.75) is 37.9 Å². The summed E-state index contributed by atoms with van der Waals surface area (Å²) in [7, 11) is 0. The average molecular weight is 374 g/mol. The maximum atomic E-state index is 11.7. The van der Waals surface area contributed by atoms with E-state index in [4.69, 9.17) is 5.11 Å². The van der Waals surface area contributed by atoms with Crippen molar-refractivity contribution in [2.75, 3.05) is 18.0 Å². The molecule has 1 unspecified atom stereocenters. The van der Waals surface area contributed by atoms with E-state index in [0.717, 1.165) is 49.7 Å². The van der Waals surface area contributed by atoms with E-state index in [-0.39, 0.29) is 12.3 Å². The Morgan fingerprint density at radius 2 is 2.35 bits per heavy atom. The van der Waals surface area contributed by atoms with Gasteiger partial charge in [-0.1, -0.05) is 24.8 Å². The fraction of sp³-hybridized carbons (Fsp3) is 0.444. The topological polar surface area (TPSA) is 94.4 Å². The number of rotatable bonds is 6. The quantitative estimate of drug-likeness (QED) is 0.588. The zero-order valence-corrected chi connectivity index (χ0v) is 15.5. The minimum atomic E-state index is -1.01. The van der Waals surface area contributed by atoms with Crippen molar-refractivity contribution < 1.29 is 14.7 Å². The van der Waals surface area contributed by atoms with Crippen LogP contribution in [0, 0.1) is 0 Å². The Balaban J connectivity index is 1.66. The Bertz CT molecular complexity index is 763. The summed E-state index contributed by atoms with van der Waals surface area (Å²) < 4.78 is 0. The first-order valence-corrected chi connectivity index (χ1v) is 9.63. The van der Waals surface area contributed by atoms with Crippen molar-refractivity contribution in [2.24, 2.45) is 10.2 Å². The molecule has 0 aliphatic carbocycles. The molecular formula is C18H22N4O3S. The van der Waals surface area contributed by atoms with Gasteiger partial charge in [-0.05, 0) is 42.5 Å². The Morgan fingerprint density at radius 1 is 1.50 bits per heavy atom. The third-order valence-electron chi connectivity index (χ3n) is 4.30. The number of nitrogens with zero attached hydrogens (tertiary/aromatic N) is 3. The summed E-state index contributed by atoms with van der Waals surface area (Å²) in [6.07, 6.45) is 4.78. The Morgan fingerprint density at radius 3 is 3.12 bits per heavy atom. The van der Waals surface area contributed by atoms with E-state index in [1.807, 2.05) is 6.07 Å². The van der Waals surface area contributed by atoms with Crippen molar-refractivity contribution in [3.8, 4) is 0 Å². The molecule has 8 heteroatoms. The summed E-state index contributed by atoms with van der Waals surface area (Å²) in [4.78, 5) is 24.8. The smallest absolute Gasteiger partial charge is 0.305 e. The molecule has 1 atom stereocenters. The normalized spacial score (nSPS) is 21.3. The molecule has 26 heavy (non-hydrogen) atoms. The van der Waals surface area contributed by atoms with Crippen LogP contribution in [0.5, 0.6) is 0 Å². The van der Waals surface area contributed by atoms with E-state index >= 15 is 0 Å². The van der Waals surface area contributed by atoms with Gasteiger partial charge >= 0.3 is 5.97 Å². The summed E-state index contributed by atoms with van der Waals surface area (Å²) in [5, 5.41) is 19.1. The second kappa shape index (κ2) is 8.35. The highest BCUT2D eigenvalue weighted by molar-refractivity contribution is 8.15. The van der Waals surface area contributed by atoms with Crippen LogP contribution in [0.4, 0.5) is 5.69 Å². The lowest BCUT2D eigenvalue weighted by Gasteiger charge is -2.31. The number of hydrogen-bond acceptors (Lipinski definition) is 6. The van der Waals surface area contributed by atoms with Crippen molar-refractivity contribution in [3.05, 3.63) is 29.3 Å². The molecule has 7 nitrogen and oxygen atoms in total. The van der Waals surface area contributed by atoms with Crippen LogP contribution in [0.15, 0.2) is 28.4 Å². The molecule has 1 fully saturated rings. The number of carbonyl (C=O) groups is 2. The van der Waals surface area contributed by atoms with E-state index < -0.39 is 11.2 Å². The van der Waals surface area contributed by atoms with Gasteiger partial charge in [0.05, 0.1) is 12.6 Å². The van der Waals surface area contributed by atoms with Crippen molar-refractivity contribution in [1.29, 1.82) is 0 Å². The highest BCUT2D eigenvalue weighted by atomic mass is 32.2. The van der Waals surface area contributed by atoms with E-state index in [1.165, 1.54) is 11.3 Å². The number of amidine groups is 1. The number of fused-ring (bicyclic) bond motifs is 1. The van der Waals surface area contributed by atoms with Gasteiger partial charge in [0.15, 0.2) is 5.17 Å².